The maximum Gasteiger partial charge on any atom is 0.333 e. The summed E-state index contributed by atoms with van der Waals surface area (Å²) in [5.74, 6) is -1.71. The summed E-state index contributed by atoms with van der Waals surface area (Å²) in [6.45, 7) is 0.572. The van der Waals surface area contributed by atoms with Gasteiger partial charge < -0.3 is 15.1 Å². The summed E-state index contributed by atoms with van der Waals surface area (Å²) in [5, 5.41) is 20.3. The van der Waals surface area contributed by atoms with Crippen molar-refractivity contribution in [2.24, 2.45) is 0 Å². The van der Waals surface area contributed by atoms with Crippen LogP contribution in [0.2, 0.25) is 0 Å². The number of aliphatic carboxylic acids is 1. The molecule has 0 aromatic heterocycles. The van der Waals surface area contributed by atoms with Crippen LogP contribution in [0, 0.1) is 0 Å². The molecule has 1 unspecified atom stereocenters. The van der Waals surface area contributed by atoms with Crippen LogP contribution in [-0.2, 0) is 16.0 Å². The number of hydrogen-bond donors (Lipinski definition) is 2. The first-order valence-electron chi connectivity index (χ1n) is 8.60. The Morgan fingerprint density at radius 3 is 2.48 bits per heavy atom. The number of benzene rings is 2. The zero-order chi connectivity index (χ0) is 18.2. The number of aliphatic hydroxyl groups excluding tert-OH is 1. The number of nitrogens with zero attached hydrogens (tertiary/aromatic N) is 1. The van der Waals surface area contributed by atoms with E-state index in [1.165, 1.54) is 21.2 Å². The highest BCUT2D eigenvalue weighted by Crippen LogP contribution is 2.17. The summed E-state index contributed by atoms with van der Waals surface area (Å²) in [6, 6.07) is 14.8. The lowest BCUT2D eigenvalue weighted by Gasteiger charge is -2.18. The van der Waals surface area contributed by atoms with Crippen molar-refractivity contribution in [2.75, 3.05) is 13.6 Å². The van der Waals surface area contributed by atoms with Crippen molar-refractivity contribution in [2.45, 2.75) is 38.2 Å². The Bertz CT molecular complexity index is 728. The molecule has 0 saturated heterocycles. The van der Waals surface area contributed by atoms with E-state index < -0.39 is 12.1 Å². The van der Waals surface area contributed by atoms with Gasteiger partial charge in [0.2, 0.25) is 5.91 Å². The van der Waals surface area contributed by atoms with Gasteiger partial charge in [0.05, 0.1) is 6.42 Å². The fourth-order valence-electron chi connectivity index (χ4n) is 2.78. The molecule has 0 aliphatic carbocycles. The van der Waals surface area contributed by atoms with E-state index in [1.54, 1.807) is 7.05 Å². The predicted octanol–water partition coefficient (Wildman–Crippen LogP) is 2.85. The van der Waals surface area contributed by atoms with Crippen LogP contribution >= 0.6 is 0 Å². The van der Waals surface area contributed by atoms with Gasteiger partial charge in [-0.15, -0.1) is 0 Å². The fraction of sp³-hybridized carbons (Fsp3) is 0.400. The van der Waals surface area contributed by atoms with Gasteiger partial charge in [0.25, 0.3) is 0 Å². The van der Waals surface area contributed by atoms with E-state index in [-0.39, 0.29) is 12.3 Å². The molecular formula is C20H25NO4. The van der Waals surface area contributed by atoms with Crippen LogP contribution in [0.4, 0.5) is 0 Å². The molecule has 1 amide bonds. The van der Waals surface area contributed by atoms with Crippen LogP contribution in [-0.4, -0.2) is 46.7 Å². The van der Waals surface area contributed by atoms with Crippen LogP contribution in [0.15, 0.2) is 42.5 Å². The number of hydrogen-bond acceptors (Lipinski definition) is 3. The van der Waals surface area contributed by atoms with Gasteiger partial charge in [-0.1, -0.05) is 48.9 Å². The highest BCUT2D eigenvalue weighted by Gasteiger charge is 2.19. The fourth-order valence-corrected chi connectivity index (χ4v) is 2.78. The first kappa shape index (κ1) is 18.9. The van der Waals surface area contributed by atoms with Crippen molar-refractivity contribution in [3.05, 3.63) is 48.0 Å². The van der Waals surface area contributed by atoms with Crippen LogP contribution in [0.5, 0.6) is 0 Å². The van der Waals surface area contributed by atoms with Crippen LogP contribution in [0.1, 0.15) is 31.2 Å². The van der Waals surface area contributed by atoms with E-state index in [0.29, 0.717) is 6.54 Å². The molecule has 25 heavy (non-hydrogen) atoms. The van der Waals surface area contributed by atoms with Crippen LogP contribution < -0.4 is 0 Å². The zero-order valence-electron chi connectivity index (χ0n) is 14.5. The van der Waals surface area contributed by atoms with Gasteiger partial charge in [-0.25, -0.2) is 4.79 Å². The maximum absolute atomic E-state index is 11.8. The third kappa shape index (κ3) is 5.87. The molecule has 0 spiro atoms. The van der Waals surface area contributed by atoms with Gasteiger partial charge in [0.1, 0.15) is 0 Å². The summed E-state index contributed by atoms with van der Waals surface area (Å²) < 4.78 is 0. The van der Waals surface area contributed by atoms with Crippen LogP contribution in [0.3, 0.4) is 0 Å². The molecule has 2 aromatic carbocycles. The molecule has 2 aromatic rings. The van der Waals surface area contributed by atoms with E-state index in [4.69, 9.17) is 5.11 Å². The number of carbonyl (C=O) groups excluding carboxylic acids is 1. The lowest BCUT2D eigenvalue weighted by molar-refractivity contribution is -0.150. The Hall–Kier alpha value is -2.40. The molecule has 0 bridgehead atoms. The molecule has 2 N–H and O–H groups in total. The number of carboxylic acids is 1. The summed E-state index contributed by atoms with van der Waals surface area (Å²) in [6.07, 6.45) is 1.90. The second-order valence-electron chi connectivity index (χ2n) is 6.37. The SMILES string of the molecule is CN(CCCCCc1ccc2ccccc2c1)C(=O)CC(O)C(=O)O. The van der Waals surface area contributed by atoms with Gasteiger partial charge in [0, 0.05) is 13.6 Å². The third-order valence-corrected chi connectivity index (χ3v) is 4.35. The Balaban J connectivity index is 1.68. The predicted molar refractivity (Wildman–Crippen MR) is 97.4 cm³/mol. The minimum absolute atomic E-state index is 0.343. The normalized spacial score (nSPS) is 12.1. The molecule has 0 radical (unpaired) electrons. The molecule has 5 heteroatoms. The number of aryl methyl sites for hydroxylation is 1. The van der Waals surface area contributed by atoms with E-state index in [2.05, 4.69) is 30.3 Å². The molecule has 0 saturated carbocycles. The Morgan fingerprint density at radius 2 is 1.76 bits per heavy atom. The van der Waals surface area contributed by atoms with Crippen molar-refractivity contribution in [1.29, 1.82) is 0 Å². The average Bonchev–Trinajstić information content (AvgIpc) is 2.60. The number of carbonyl (C=O) groups is 2. The minimum Gasteiger partial charge on any atom is -0.479 e. The molecule has 5 nitrogen and oxygen atoms in total. The van der Waals surface area contributed by atoms with Gasteiger partial charge in [-0.3, -0.25) is 4.79 Å². The largest absolute Gasteiger partial charge is 0.479 e. The highest BCUT2D eigenvalue weighted by molar-refractivity contribution is 5.83. The second-order valence-corrected chi connectivity index (χ2v) is 6.37. The lowest BCUT2D eigenvalue weighted by atomic mass is 10.0. The topological polar surface area (TPSA) is 77.8 Å². The van der Waals surface area contributed by atoms with Gasteiger partial charge in [0.15, 0.2) is 6.10 Å². The molecule has 0 aliphatic heterocycles. The monoisotopic (exact) mass is 343 g/mol. The number of unbranched alkanes of at least 4 members (excludes halogenated alkanes) is 2. The summed E-state index contributed by atoms with van der Waals surface area (Å²) >= 11 is 0. The van der Waals surface area contributed by atoms with Crippen molar-refractivity contribution in [3.63, 3.8) is 0 Å². The highest BCUT2D eigenvalue weighted by atomic mass is 16.4. The van der Waals surface area contributed by atoms with E-state index >= 15 is 0 Å². The Labute approximate surface area is 147 Å². The van der Waals surface area contributed by atoms with Gasteiger partial charge in [-0.2, -0.15) is 0 Å². The molecular weight excluding hydrogens is 318 g/mol. The number of carboxylic acid groups (broad SMARTS) is 1. The number of amides is 1. The molecule has 2 rings (SSSR count). The third-order valence-electron chi connectivity index (χ3n) is 4.35. The van der Waals surface area contributed by atoms with E-state index in [0.717, 1.165) is 25.7 Å². The average molecular weight is 343 g/mol. The molecule has 1 atom stereocenters. The molecule has 0 fully saturated rings. The summed E-state index contributed by atoms with van der Waals surface area (Å²) in [4.78, 5) is 23.8. The minimum atomic E-state index is -1.62. The maximum atomic E-state index is 11.8. The second kappa shape index (κ2) is 9.18. The lowest BCUT2D eigenvalue weighted by Crippen LogP contribution is -2.33. The van der Waals surface area contributed by atoms with Crippen LogP contribution in [0.25, 0.3) is 10.8 Å². The van der Waals surface area contributed by atoms with Gasteiger partial charge >= 0.3 is 5.97 Å². The van der Waals surface area contributed by atoms with Crippen molar-refractivity contribution < 1.29 is 19.8 Å². The van der Waals surface area contributed by atoms with Crippen molar-refractivity contribution in [3.8, 4) is 0 Å². The molecule has 0 aliphatic rings. The first-order chi connectivity index (χ1) is 12.0. The first-order valence-corrected chi connectivity index (χ1v) is 8.60. The van der Waals surface area contributed by atoms with Gasteiger partial charge in [-0.05, 0) is 35.6 Å². The number of fused-ring (bicyclic) bond motifs is 1. The summed E-state index contributed by atoms with van der Waals surface area (Å²) in [5.41, 5.74) is 1.31. The van der Waals surface area contributed by atoms with E-state index in [1.807, 2.05) is 12.1 Å². The molecule has 134 valence electrons. The van der Waals surface area contributed by atoms with E-state index in [9.17, 15) is 14.7 Å². The number of aliphatic hydroxyl groups is 1. The Kier molecular flexibility index (Phi) is 6.95. The van der Waals surface area contributed by atoms with Crippen molar-refractivity contribution >= 4 is 22.6 Å². The quantitative estimate of drug-likeness (QED) is 0.686. The summed E-state index contributed by atoms with van der Waals surface area (Å²) in [7, 11) is 1.64. The molecule has 0 heterocycles. The standard InChI is InChI=1S/C20H25NO4/c1-21(19(23)14-18(22)20(24)25)12-6-2-3-7-15-10-11-16-8-4-5-9-17(16)13-15/h4-5,8-11,13,18,22H,2-3,6-7,12,14H2,1H3,(H,24,25). The van der Waals surface area contributed by atoms with Crippen molar-refractivity contribution in [1.82, 2.24) is 4.90 Å². The Morgan fingerprint density at radius 1 is 1.04 bits per heavy atom. The zero-order valence-corrected chi connectivity index (χ0v) is 14.5. The smallest absolute Gasteiger partial charge is 0.333 e. The number of rotatable bonds is 9.